The lowest BCUT2D eigenvalue weighted by molar-refractivity contribution is -0.126. The molecule has 3 aromatic rings. The van der Waals surface area contributed by atoms with Gasteiger partial charge in [-0.15, -0.1) is 0 Å². The average Bonchev–Trinajstić information content (AvgIpc) is 2.98. The zero-order valence-corrected chi connectivity index (χ0v) is 24.2. The van der Waals surface area contributed by atoms with Gasteiger partial charge >= 0.3 is 6.01 Å². The van der Waals surface area contributed by atoms with Gasteiger partial charge < -0.3 is 30.5 Å². The van der Waals surface area contributed by atoms with Crippen LogP contribution in [0.25, 0.3) is 11.1 Å². The second-order valence-electron chi connectivity index (χ2n) is 9.77. The third-order valence-corrected chi connectivity index (χ3v) is 6.31. The van der Waals surface area contributed by atoms with E-state index in [1.807, 2.05) is 25.1 Å². The molecular formula is C29H35FN10O2. The number of nitrogens with two attached hydrogens (primary N) is 1. The Bertz CT molecular complexity index is 1480. The topological polar surface area (TPSA) is 138 Å². The second-order valence-corrected chi connectivity index (χ2v) is 9.77. The summed E-state index contributed by atoms with van der Waals surface area (Å²) in [5.74, 6) is 0.262. The number of allylic oxidation sites excluding steroid dienone is 1. The number of hydrogen-bond acceptors (Lipinski definition) is 11. The number of likely N-dealkylation sites (N-methyl/N-ethyl adjacent to an activating group) is 1. The summed E-state index contributed by atoms with van der Waals surface area (Å²) >= 11 is 0. The molecule has 1 aromatic carbocycles. The first-order valence-electron chi connectivity index (χ1n) is 13.4. The fraction of sp³-hybridized carbons (Fsp3) is 0.310. The standard InChI is InChI=1S/C29H35FN10O2/c1-20-9-10-33-29(35-20)42-25-8-7-21(16-24(25)30)23-19-34-28(36-22(17-31)18-32-2)37-27(23)40-14-12-39(13-15-40)26(41)6-5-11-38(3)4/h5-10,16-19H,11-15,31H2,1-4H3,(H,34,36,37)/b6-5+,22-17?,32-18?. The summed E-state index contributed by atoms with van der Waals surface area (Å²) in [6.45, 7) is 4.55. The van der Waals surface area contributed by atoms with E-state index in [0.29, 0.717) is 67.0 Å². The SMILES string of the molecule is CN=CC(=CN)Nc1ncc(-c2ccc(Oc3nccc(C)n3)c(F)c2)c(N2CCN(C(=O)/C=C/CN(C)C)CC2)n1. The minimum atomic E-state index is -0.585. The van der Waals surface area contributed by atoms with Crippen molar-refractivity contribution >= 4 is 23.9 Å². The van der Waals surface area contributed by atoms with Crippen molar-refractivity contribution in [3.8, 4) is 22.9 Å². The number of hydrogen-bond donors (Lipinski definition) is 2. The molecule has 0 spiro atoms. The first-order chi connectivity index (χ1) is 20.3. The predicted octanol–water partition coefficient (Wildman–Crippen LogP) is 2.85. The molecule has 0 aliphatic carbocycles. The lowest BCUT2D eigenvalue weighted by Gasteiger charge is -2.36. The number of ether oxygens (including phenoxy) is 1. The normalized spacial score (nSPS) is 14.3. The third-order valence-electron chi connectivity index (χ3n) is 6.31. The molecule has 2 aromatic heterocycles. The lowest BCUT2D eigenvalue weighted by Crippen LogP contribution is -2.48. The molecule has 13 heteroatoms. The molecular weight excluding hydrogens is 539 g/mol. The molecule has 1 fully saturated rings. The van der Waals surface area contributed by atoms with Gasteiger partial charge in [-0.1, -0.05) is 12.1 Å². The van der Waals surface area contributed by atoms with Gasteiger partial charge in [-0.25, -0.2) is 19.3 Å². The Morgan fingerprint density at radius 3 is 2.64 bits per heavy atom. The van der Waals surface area contributed by atoms with Crippen LogP contribution in [0.3, 0.4) is 0 Å². The van der Waals surface area contributed by atoms with Gasteiger partial charge in [0.05, 0.1) is 5.70 Å². The molecule has 1 amide bonds. The van der Waals surface area contributed by atoms with Gasteiger partial charge in [-0.3, -0.25) is 9.79 Å². The summed E-state index contributed by atoms with van der Waals surface area (Å²) < 4.78 is 20.8. The largest absolute Gasteiger partial charge is 0.421 e. The fourth-order valence-corrected chi connectivity index (χ4v) is 4.20. The van der Waals surface area contributed by atoms with Crippen LogP contribution in [0.4, 0.5) is 16.2 Å². The Labute approximate surface area is 244 Å². The van der Waals surface area contributed by atoms with Crippen molar-refractivity contribution in [3.63, 3.8) is 0 Å². The zero-order chi connectivity index (χ0) is 30.1. The minimum absolute atomic E-state index is 0.00358. The van der Waals surface area contributed by atoms with Crippen LogP contribution in [0.5, 0.6) is 11.8 Å². The number of nitrogens with one attached hydrogen (secondary N) is 1. The molecule has 4 rings (SSSR count). The summed E-state index contributed by atoms with van der Waals surface area (Å²) in [6, 6.07) is 6.41. The Balaban J connectivity index is 1.60. The maximum Gasteiger partial charge on any atom is 0.322 e. The van der Waals surface area contributed by atoms with Gasteiger partial charge in [0.25, 0.3) is 0 Å². The molecule has 1 aliphatic heterocycles. The molecule has 42 heavy (non-hydrogen) atoms. The van der Waals surface area contributed by atoms with Crippen molar-refractivity contribution in [2.45, 2.75) is 6.92 Å². The van der Waals surface area contributed by atoms with Crippen LogP contribution < -0.4 is 20.7 Å². The van der Waals surface area contributed by atoms with Gasteiger partial charge in [-0.2, -0.15) is 4.98 Å². The highest BCUT2D eigenvalue weighted by molar-refractivity contribution is 5.88. The summed E-state index contributed by atoms with van der Waals surface area (Å²) in [6.07, 6.45) is 9.56. The number of piperazine rings is 1. The lowest BCUT2D eigenvalue weighted by atomic mass is 10.1. The van der Waals surface area contributed by atoms with Crippen LogP contribution in [-0.4, -0.2) is 95.7 Å². The van der Waals surface area contributed by atoms with E-state index in [2.05, 4.69) is 30.2 Å². The van der Waals surface area contributed by atoms with Crippen molar-refractivity contribution in [1.82, 2.24) is 29.7 Å². The van der Waals surface area contributed by atoms with Gasteiger partial charge in [0.15, 0.2) is 11.6 Å². The van der Waals surface area contributed by atoms with E-state index in [1.165, 1.54) is 18.3 Å². The molecule has 12 nitrogen and oxygen atoms in total. The number of rotatable bonds is 10. The van der Waals surface area contributed by atoms with E-state index in [-0.39, 0.29) is 17.7 Å². The van der Waals surface area contributed by atoms with Gasteiger partial charge in [-0.05, 0) is 44.8 Å². The number of amides is 1. The van der Waals surface area contributed by atoms with E-state index < -0.39 is 5.82 Å². The fourth-order valence-electron chi connectivity index (χ4n) is 4.20. The number of aryl methyl sites for hydroxylation is 1. The van der Waals surface area contributed by atoms with Crippen LogP contribution in [0.2, 0.25) is 0 Å². The van der Waals surface area contributed by atoms with Crippen LogP contribution >= 0.6 is 0 Å². The van der Waals surface area contributed by atoms with E-state index in [0.717, 1.165) is 0 Å². The Morgan fingerprint density at radius 1 is 1.19 bits per heavy atom. The number of benzene rings is 1. The molecule has 1 aliphatic rings. The Kier molecular flexibility index (Phi) is 10.1. The molecule has 3 heterocycles. The van der Waals surface area contributed by atoms with Gasteiger partial charge in [0.2, 0.25) is 11.9 Å². The molecule has 220 valence electrons. The summed E-state index contributed by atoms with van der Waals surface area (Å²) in [5, 5.41) is 3.05. The number of aromatic nitrogens is 4. The number of aliphatic imine (C=N–C) groups is 1. The number of carbonyl (C=O) groups is 1. The van der Waals surface area contributed by atoms with E-state index >= 15 is 4.39 Å². The summed E-state index contributed by atoms with van der Waals surface area (Å²) in [7, 11) is 5.52. The second kappa shape index (κ2) is 14.1. The highest BCUT2D eigenvalue weighted by Gasteiger charge is 2.24. The number of anilines is 2. The van der Waals surface area contributed by atoms with Crippen molar-refractivity contribution < 1.29 is 13.9 Å². The number of nitrogens with zero attached hydrogens (tertiary/aromatic N) is 8. The molecule has 0 atom stereocenters. The average molecular weight is 575 g/mol. The van der Waals surface area contributed by atoms with Crippen molar-refractivity contribution in [2.75, 3.05) is 64.1 Å². The van der Waals surface area contributed by atoms with Crippen LogP contribution in [-0.2, 0) is 4.79 Å². The molecule has 0 unspecified atom stereocenters. The maximum atomic E-state index is 15.2. The smallest absolute Gasteiger partial charge is 0.322 e. The Hall–Kier alpha value is -4.91. The first kappa shape index (κ1) is 30.1. The molecule has 0 radical (unpaired) electrons. The van der Waals surface area contributed by atoms with Gasteiger partial charge in [0, 0.05) is 81.9 Å². The molecule has 0 bridgehead atoms. The Morgan fingerprint density at radius 2 is 1.98 bits per heavy atom. The van der Waals surface area contributed by atoms with Gasteiger partial charge in [0.1, 0.15) is 5.82 Å². The summed E-state index contributed by atoms with van der Waals surface area (Å²) in [4.78, 5) is 39.9. The van der Waals surface area contributed by atoms with Crippen molar-refractivity contribution in [2.24, 2.45) is 10.7 Å². The summed E-state index contributed by atoms with van der Waals surface area (Å²) in [5.41, 5.74) is 8.10. The highest BCUT2D eigenvalue weighted by atomic mass is 19.1. The highest BCUT2D eigenvalue weighted by Crippen LogP contribution is 2.33. The number of halogens is 1. The van der Waals surface area contributed by atoms with Crippen LogP contribution in [0.15, 0.2) is 65.7 Å². The molecule has 3 N–H and O–H groups in total. The van der Waals surface area contributed by atoms with Crippen molar-refractivity contribution in [1.29, 1.82) is 0 Å². The quantitative estimate of drug-likeness (QED) is 0.275. The first-order valence-corrected chi connectivity index (χ1v) is 13.4. The van der Waals surface area contributed by atoms with Crippen molar-refractivity contribution in [3.05, 3.63) is 72.2 Å². The monoisotopic (exact) mass is 574 g/mol. The van der Waals surface area contributed by atoms with E-state index in [1.54, 1.807) is 55.7 Å². The molecule has 1 saturated heterocycles. The zero-order valence-electron chi connectivity index (χ0n) is 24.2. The van der Waals surface area contributed by atoms with Crippen LogP contribution in [0.1, 0.15) is 5.69 Å². The number of carbonyl (C=O) groups excluding carboxylic acids is 1. The predicted molar refractivity (Wildman–Crippen MR) is 161 cm³/mol. The maximum absolute atomic E-state index is 15.2. The molecule has 0 saturated carbocycles. The van der Waals surface area contributed by atoms with E-state index in [9.17, 15) is 4.79 Å². The van der Waals surface area contributed by atoms with Crippen LogP contribution in [0, 0.1) is 12.7 Å². The van der Waals surface area contributed by atoms with E-state index in [4.69, 9.17) is 15.5 Å². The third kappa shape index (κ3) is 7.85. The minimum Gasteiger partial charge on any atom is -0.421 e.